The number of hydrogen-bond donors (Lipinski definition) is 1. The number of carbonyl (C=O) groups is 1. The number of nitrogens with zero attached hydrogens (tertiary/aromatic N) is 1. The number of ether oxygens (including phenoxy) is 1. The molecule has 112 valence electrons. The Kier molecular flexibility index (Phi) is 4.08. The Balaban J connectivity index is 1.68. The summed E-state index contributed by atoms with van der Waals surface area (Å²) in [6.07, 6.45) is 4.39. The minimum absolute atomic E-state index is 0.0149. The lowest BCUT2D eigenvalue weighted by atomic mass is 9.76. The van der Waals surface area contributed by atoms with Gasteiger partial charge < -0.3 is 14.7 Å². The third kappa shape index (κ3) is 2.87. The van der Waals surface area contributed by atoms with Gasteiger partial charge in [-0.15, -0.1) is 0 Å². The highest BCUT2D eigenvalue weighted by Crippen LogP contribution is 2.40. The summed E-state index contributed by atoms with van der Waals surface area (Å²) in [5.74, 6) is 0.367. The second kappa shape index (κ2) is 6.00. The zero-order valence-corrected chi connectivity index (χ0v) is 12.1. The largest absolute Gasteiger partial charge is 0.396 e. The van der Waals surface area contributed by atoms with Crippen LogP contribution < -0.4 is 0 Å². The first-order chi connectivity index (χ1) is 10.2. The van der Waals surface area contributed by atoms with E-state index >= 15 is 0 Å². The predicted octanol–water partition coefficient (Wildman–Crippen LogP) is 1.56. The molecule has 2 heterocycles. The fourth-order valence-corrected chi connectivity index (χ4v) is 3.33. The van der Waals surface area contributed by atoms with Crippen LogP contribution in [0.4, 0.5) is 0 Å². The molecular weight excluding hydrogens is 266 g/mol. The van der Waals surface area contributed by atoms with Gasteiger partial charge >= 0.3 is 0 Å². The van der Waals surface area contributed by atoms with Crippen molar-refractivity contribution in [1.29, 1.82) is 0 Å². The summed E-state index contributed by atoms with van der Waals surface area (Å²) in [6, 6.07) is 9.79. The molecule has 4 heteroatoms. The molecule has 21 heavy (non-hydrogen) atoms. The van der Waals surface area contributed by atoms with Crippen LogP contribution in [-0.4, -0.2) is 48.8 Å². The van der Waals surface area contributed by atoms with Gasteiger partial charge in [0.15, 0.2) is 0 Å². The standard InChI is InChI=1S/C17H21NO3/c19-12-17-11-18(10-15(17)8-9-21-13-17)16(20)7-6-14-4-2-1-3-5-14/h1-7,15,19H,8-13H2/t15-,17+/m0/s1. The topological polar surface area (TPSA) is 49.8 Å². The van der Waals surface area contributed by atoms with Crippen LogP contribution in [0.2, 0.25) is 0 Å². The van der Waals surface area contributed by atoms with Gasteiger partial charge in [0.2, 0.25) is 5.91 Å². The molecule has 0 radical (unpaired) electrons. The summed E-state index contributed by atoms with van der Waals surface area (Å²) >= 11 is 0. The Bertz CT molecular complexity index is 528. The molecule has 0 saturated carbocycles. The number of fused-ring (bicyclic) bond motifs is 1. The third-order valence-electron chi connectivity index (χ3n) is 4.66. The minimum atomic E-state index is -0.255. The van der Waals surface area contributed by atoms with E-state index in [9.17, 15) is 9.90 Å². The molecule has 3 rings (SSSR count). The maximum absolute atomic E-state index is 12.3. The minimum Gasteiger partial charge on any atom is -0.396 e. The van der Waals surface area contributed by atoms with Gasteiger partial charge in [0.05, 0.1) is 13.2 Å². The quantitative estimate of drug-likeness (QED) is 0.858. The molecular formula is C17H21NO3. The number of likely N-dealkylation sites (tertiary alicyclic amines) is 1. The third-order valence-corrected chi connectivity index (χ3v) is 4.66. The van der Waals surface area contributed by atoms with E-state index in [-0.39, 0.29) is 17.9 Å². The Labute approximate surface area is 125 Å². The van der Waals surface area contributed by atoms with Crippen LogP contribution in [0.5, 0.6) is 0 Å². The van der Waals surface area contributed by atoms with Gasteiger partial charge in [-0.1, -0.05) is 30.3 Å². The average Bonchev–Trinajstić information content (AvgIpc) is 2.94. The van der Waals surface area contributed by atoms with Crippen molar-refractivity contribution >= 4 is 12.0 Å². The predicted molar refractivity (Wildman–Crippen MR) is 80.5 cm³/mol. The van der Waals surface area contributed by atoms with Crippen molar-refractivity contribution in [3.63, 3.8) is 0 Å². The van der Waals surface area contributed by atoms with E-state index in [0.29, 0.717) is 19.1 Å². The zero-order chi connectivity index (χ0) is 14.7. The van der Waals surface area contributed by atoms with Gasteiger partial charge in [-0.3, -0.25) is 4.79 Å². The summed E-state index contributed by atoms with van der Waals surface area (Å²) in [4.78, 5) is 14.2. The van der Waals surface area contributed by atoms with Gasteiger partial charge in [-0.25, -0.2) is 0 Å². The zero-order valence-electron chi connectivity index (χ0n) is 12.1. The summed E-state index contributed by atoms with van der Waals surface area (Å²) in [5, 5.41) is 9.72. The lowest BCUT2D eigenvalue weighted by molar-refractivity contribution is -0.125. The Morgan fingerprint density at radius 2 is 2.24 bits per heavy atom. The summed E-state index contributed by atoms with van der Waals surface area (Å²) in [7, 11) is 0. The maximum atomic E-state index is 12.3. The Morgan fingerprint density at radius 1 is 1.43 bits per heavy atom. The summed E-state index contributed by atoms with van der Waals surface area (Å²) in [6.45, 7) is 2.69. The molecule has 1 amide bonds. The molecule has 0 spiro atoms. The maximum Gasteiger partial charge on any atom is 0.246 e. The van der Waals surface area contributed by atoms with Gasteiger partial charge in [-0.2, -0.15) is 0 Å². The van der Waals surface area contributed by atoms with Gasteiger partial charge in [0.1, 0.15) is 0 Å². The van der Waals surface area contributed by atoms with E-state index in [0.717, 1.165) is 25.1 Å². The molecule has 4 nitrogen and oxygen atoms in total. The van der Waals surface area contributed by atoms with E-state index in [2.05, 4.69) is 0 Å². The number of rotatable bonds is 3. The molecule has 0 aliphatic carbocycles. The first-order valence-electron chi connectivity index (χ1n) is 7.44. The van der Waals surface area contributed by atoms with Crippen LogP contribution in [0.3, 0.4) is 0 Å². The molecule has 0 aromatic heterocycles. The number of aliphatic hydroxyl groups is 1. The van der Waals surface area contributed by atoms with Crippen molar-refractivity contribution in [2.75, 3.05) is 32.9 Å². The van der Waals surface area contributed by atoms with Crippen LogP contribution in [0.15, 0.2) is 36.4 Å². The van der Waals surface area contributed by atoms with E-state index in [4.69, 9.17) is 4.74 Å². The fourth-order valence-electron chi connectivity index (χ4n) is 3.33. The number of aliphatic hydroxyl groups excluding tert-OH is 1. The summed E-state index contributed by atoms with van der Waals surface area (Å²) in [5.41, 5.74) is 0.761. The average molecular weight is 287 g/mol. The molecule has 1 aromatic carbocycles. The lowest BCUT2D eigenvalue weighted by Crippen LogP contribution is -2.43. The van der Waals surface area contributed by atoms with Crippen molar-refractivity contribution in [2.45, 2.75) is 6.42 Å². The number of carbonyl (C=O) groups excluding carboxylic acids is 1. The highest BCUT2D eigenvalue weighted by Gasteiger charge is 2.49. The van der Waals surface area contributed by atoms with E-state index in [1.165, 1.54) is 0 Å². The van der Waals surface area contributed by atoms with Crippen LogP contribution in [0.1, 0.15) is 12.0 Å². The lowest BCUT2D eigenvalue weighted by Gasteiger charge is -2.36. The normalized spacial score (nSPS) is 28.8. The van der Waals surface area contributed by atoms with E-state index < -0.39 is 0 Å². The van der Waals surface area contributed by atoms with Crippen molar-refractivity contribution in [3.8, 4) is 0 Å². The van der Waals surface area contributed by atoms with Crippen LogP contribution in [0, 0.1) is 11.3 Å². The first-order valence-corrected chi connectivity index (χ1v) is 7.44. The molecule has 2 aliphatic rings. The molecule has 2 atom stereocenters. The SMILES string of the molecule is O=C(C=Cc1ccccc1)N1C[C@@H]2CCOC[C@]2(CO)C1. The second-order valence-electron chi connectivity index (χ2n) is 6.02. The van der Waals surface area contributed by atoms with Crippen LogP contribution in [0.25, 0.3) is 6.08 Å². The summed E-state index contributed by atoms with van der Waals surface area (Å²) < 4.78 is 5.52. The van der Waals surface area contributed by atoms with Crippen molar-refractivity contribution < 1.29 is 14.6 Å². The monoisotopic (exact) mass is 287 g/mol. The molecule has 2 saturated heterocycles. The Morgan fingerprint density at radius 3 is 2.95 bits per heavy atom. The smallest absolute Gasteiger partial charge is 0.246 e. The van der Waals surface area contributed by atoms with Gasteiger partial charge in [-0.05, 0) is 24.0 Å². The van der Waals surface area contributed by atoms with Crippen molar-refractivity contribution in [1.82, 2.24) is 4.90 Å². The highest BCUT2D eigenvalue weighted by molar-refractivity contribution is 5.92. The van der Waals surface area contributed by atoms with Crippen LogP contribution in [-0.2, 0) is 9.53 Å². The van der Waals surface area contributed by atoms with E-state index in [1.807, 2.05) is 41.3 Å². The molecule has 0 bridgehead atoms. The Hall–Kier alpha value is -1.65. The van der Waals surface area contributed by atoms with Crippen molar-refractivity contribution in [2.24, 2.45) is 11.3 Å². The molecule has 1 N–H and O–H groups in total. The van der Waals surface area contributed by atoms with Crippen molar-refractivity contribution in [3.05, 3.63) is 42.0 Å². The van der Waals surface area contributed by atoms with Crippen LogP contribution >= 0.6 is 0 Å². The van der Waals surface area contributed by atoms with Gasteiger partial charge in [0, 0.05) is 31.2 Å². The molecule has 2 fully saturated rings. The second-order valence-corrected chi connectivity index (χ2v) is 6.02. The van der Waals surface area contributed by atoms with E-state index in [1.54, 1.807) is 6.08 Å². The number of amides is 1. The number of hydrogen-bond acceptors (Lipinski definition) is 3. The van der Waals surface area contributed by atoms with Gasteiger partial charge in [0.25, 0.3) is 0 Å². The first kappa shape index (κ1) is 14.3. The number of benzene rings is 1. The molecule has 2 aliphatic heterocycles. The molecule has 1 aromatic rings. The highest BCUT2D eigenvalue weighted by atomic mass is 16.5. The fraction of sp³-hybridized carbons (Fsp3) is 0.471. The molecule has 0 unspecified atom stereocenters.